The van der Waals surface area contributed by atoms with E-state index in [0.717, 1.165) is 12.2 Å². The predicted molar refractivity (Wildman–Crippen MR) is 76.2 cm³/mol. The van der Waals surface area contributed by atoms with E-state index in [1.165, 1.54) is 14.2 Å². The van der Waals surface area contributed by atoms with Gasteiger partial charge >= 0.3 is 0 Å². The Hall–Kier alpha value is -0.710. The molecule has 90 valence electrons. The molecule has 0 aromatic carbocycles. The summed E-state index contributed by atoms with van der Waals surface area (Å²) in [6.07, 6.45) is 1.84. The highest BCUT2D eigenvalue weighted by Gasteiger charge is 2.08. The van der Waals surface area contributed by atoms with Crippen LogP contribution in [0.2, 0.25) is 0 Å². The van der Waals surface area contributed by atoms with E-state index in [-0.39, 0.29) is 0 Å². The highest BCUT2D eigenvalue weighted by Crippen LogP contribution is 2.27. The summed E-state index contributed by atoms with van der Waals surface area (Å²) in [5.74, 6) is 0. The molecule has 4 heteroatoms. The molecule has 0 fully saturated rings. The average molecular weight is 311 g/mol. The van der Waals surface area contributed by atoms with Gasteiger partial charge in [-0.3, -0.25) is 4.98 Å². The number of aryl methyl sites for hydroxylation is 1. The van der Waals surface area contributed by atoms with Crippen LogP contribution in [0.15, 0.2) is 34.2 Å². The number of rotatable bonds is 4. The molecule has 0 radical (unpaired) electrons. The average Bonchev–Trinajstić information content (AvgIpc) is 2.74. The van der Waals surface area contributed by atoms with Gasteiger partial charge in [0.05, 0.1) is 9.48 Å². The molecule has 17 heavy (non-hydrogen) atoms. The van der Waals surface area contributed by atoms with Crippen LogP contribution in [0.1, 0.15) is 29.1 Å². The summed E-state index contributed by atoms with van der Waals surface area (Å²) in [7, 11) is 0. The van der Waals surface area contributed by atoms with Gasteiger partial charge in [0.15, 0.2) is 0 Å². The van der Waals surface area contributed by atoms with Crippen molar-refractivity contribution < 1.29 is 0 Å². The number of hydrogen-bond acceptors (Lipinski definition) is 3. The van der Waals surface area contributed by atoms with Crippen LogP contribution in [0.25, 0.3) is 0 Å². The Morgan fingerprint density at radius 2 is 2.24 bits per heavy atom. The van der Waals surface area contributed by atoms with E-state index in [1.54, 1.807) is 11.3 Å². The van der Waals surface area contributed by atoms with Crippen LogP contribution in [0, 0.1) is 6.92 Å². The second kappa shape index (κ2) is 5.76. The van der Waals surface area contributed by atoms with Gasteiger partial charge in [-0.2, -0.15) is 0 Å². The topological polar surface area (TPSA) is 24.9 Å². The first kappa shape index (κ1) is 12.7. The molecule has 2 aromatic heterocycles. The molecule has 0 aliphatic carbocycles. The molecule has 0 aliphatic rings. The van der Waals surface area contributed by atoms with Gasteiger partial charge in [-0.15, -0.1) is 11.3 Å². The quantitative estimate of drug-likeness (QED) is 0.921. The number of nitrogens with zero attached hydrogens (tertiary/aromatic N) is 1. The van der Waals surface area contributed by atoms with Crippen LogP contribution < -0.4 is 5.32 Å². The summed E-state index contributed by atoms with van der Waals surface area (Å²) in [5.41, 5.74) is 2.36. The standard InChI is InChI=1S/C13H15BrN2S/c1-9-4-3-7-15-11(9)8-16-10(2)12-5-6-13(14)17-12/h3-7,10,16H,8H2,1-2H3. The highest BCUT2D eigenvalue weighted by atomic mass is 79.9. The third-order valence-corrected chi connectivity index (χ3v) is 4.52. The molecule has 0 saturated heterocycles. The van der Waals surface area contributed by atoms with Gasteiger partial charge in [0.2, 0.25) is 0 Å². The minimum atomic E-state index is 0.354. The second-order valence-corrected chi connectivity index (χ2v) is 6.51. The third kappa shape index (κ3) is 3.37. The fourth-order valence-electron chi connectivity index (χ4n) is 1.61. The van der Waals surface area contributed by atoms with Crippen molar-refractivity contribution in [3.8, 4) is 0 Å². The van der Waals surface area contributed by atoms with Crippen molar-refractivity contribution in [3.05, 3.63) is 50.4 Å². The summed E-state index contributed by atoms with van der Waals surface area (Å²) in [6.45, 7) is 5.08. The van der Waals surface area contributed by atoms with Gasteiger partial charge in [-0.25, -0.2) is 0 Å². The SMILES string of the molecule is Cc1cccnc1CNC(C)c1ccc(Br)s1. The Labute approximate surface area is 114 Å². The van der Waals surface area contributed by atoms with Crippen LogP contribution in [-0.4, -0.2) is 4.98 Å². The minimum absolute atomic E-state index is 0.354. The lowest BCUT2D eigenvalue weighted by atomic mass is 10.2. The second-order valence-electron chi connectivity index (χ2n) is 4.01. The summed E-state index contributed by atoms with van der Waals surface area (Å²) in [5, 5.41) is 3.50. The maximum absolute atomic E-state index is 4.38. The Balaban J connectivity index is 1.97. The summed E-state index contributed by atoms with van der Waals surface area (Å²) in [6, 6.07) is 8.66. The normalized spacial score (nSPS) is 12.6. The van der Waals surface area contributed by atoms with Crippen LogP contribution in [0.5, 0.6) is 0 Å². The van der Waals surface area contributed by atoms with Gasteiger partial charge in [-0.1, -0.05) is 6.07 Å². The lowest BCUT2D eigenvalue weighted by Gasteiger charge is -2.12. The Kier molecular flexibility index (Phi) is 4.31. The van der Waals surface area contributed by atoms with Gasteiger partial charge in [-0.05, 0) is 53.5 Å². The van der Waals surface area contributed by atoms with Crippen molar-refractivity contribution in [2.75, 3.05) is 0 Å². The summed E-state index contributed by atoms with van der Waals surface area (Å²) in [4.78, 5) is 5.72. The van der Waals surface area contributed by atoms with E-state index < -0.39 is 0 Å². The van der Waals surface area contributed by atoms with E-state index in [0.29, 0.717) is 6.04 Å². The predicted octanol–water partition coefficient (Wildman–Crippen LogP) is 4.06. The molecule has 2 aromatic rings. The molecule has 0 spiro atoms. The van der Waals surface area contributed by atoms with Crippen LogP contribution in [0.3, 0.4) is 0 Å². The van der Waals surface area contributed by atoms with E-state index in [4.69, 9.17) is 0 Å². The monoisotopic (exact) mass is 310 g/mol. The van der Waals surface area contributed by atoms with Crippen molar-refractivity contribution in [3.63, 3.8) is 0 Å². The maximum Gasteiger partial charge on any atom is 0.0701 e. The van der Waals surface area contributed by atoms with E-state index in [9.17, 15) is 0 Å². The van der Waals surface area contributed by atoms with E-state index in [2.05, 4.69) is 58.3 Å². The van der Waals surface area contributed by atoms with Crippen LogP contribution in [-0.2, 0) is 6.54 Å². The molecule has 2 rings (SSSR count). The lowest BCUT2D eigenvalue weighted by molar-refractivity contribution is 0.574. The number of pyridine rings is 1. The maximum atomic E-state index is 4.38. The van der Waals surface area contributed by atoms with Gasteiger partial charge in [0, 0.05) is 23.7 Å². The Morgan fingerprint density at radius 1 is 1.41 bits per heavy atom. The highest BCUT2D eigenvalue weighted by molar-refractivity contribution is 9.11. The number of nitrogens with one attached hydrogen (secondary N) is 1. The van der Waals surface area contributed by atoms with Gasteiger partial charge in [0.1, 0.15) is 0 Å². The fourth-order valence-corrected chi connectivity index (χ4v) is 3.07. The van der Waals surface area contributed by atoms with Crippen molar-refractivity contribution in [1.82, 2.24) is 10.3 Å². The molecular weight excluding hydrogens is 296 g/mol. The van der Waals surface area contributed by atoms with Crippen molar-refractivity contribution in [2.45, 2.75) is 26.4 Å². The number of aromatic nitrogens is 1. The van der Waals surface area contributed by atoms with Gasteiger partial charge in [0.25, 0.3) is 0 Å². The molecular formula is C13H15BrN2S. The van der Waals surface area contributed by atoms with Crippen LogP contribution in [0.4, 0.5) is 0 Å². The smallest absolute Gasteiger partial charge is 0.0701 e. The van der Waals surface area contributed by atoms with Crippen LogP contribution >= 0.6 is 27.3 Å². The first-order valence-corrected chi connectivity index (χ1v) is 7.17. The largest absolute Gasteiger partial charge is 0.304 e. The molecule has 1 unspecified atom stereocenters. The zero-order valence-electron chi connectivity index (χ0n) is 9.90. The number of thiophene rings is 1. The zero-order valence-corrected chi connectivity index (χ0v) is 12.3. The van der Waals surface area contributed by atoms with E-state index in [1.807, 2.05) is 12.3 Å². The van der Waals surface area contributed by atoms with Crippen molar-refractivity contribution in [2.24, 2.45) is 0 Å². The number of hydrogen-bond donors (Lipinski definition) is 1. The molecule has 0 aliphatic heterocycles. The molecule has 1 atom stereocenters. The first-order valence-electron chi connectivity index (χ1n) is 5.56. The van der Waals surface area contributed by atoms with Crippen molar-refractivity contribution in [1.29, 1.82) is 0 Å². The molecule has 0 bridgehead atoms. The lowest BCUT2D eigenvalue weighted by Crippen LogP contribution is -2.18. The number of halogens is 1. The molecule has 0 saturated carbocycles. The third-order valence-electron chi connectivity index (χ3n) is 2.71. The molecule has 1 N–H and O–H groups in total. The first-order chi connectivity index (χ1) is 8.16. The van der Waals surface area contributed by atoms with Gasteiger partial charge < -0.3 is 5.32 Å². The summed E-state index contributed by atoms with van der Waals surface area (Å²) < 4.78 is 1.18. The Morgan fingerprint density at radius 3 is 2.88 bits per heavy atom. The molecule has 2 heterocycles. The van der Waals surface area contributed by atoms with Crippen molar-refractivity contribution >= 4 is 27.3 Å². The van der Waals surface area contributed by atoms with E-state index >= 15 is 0 Å². The molecule has 0 amide bonds. The minimum Gasteiger partial charge on any atom is -0.304 e. The fraction of sp³-hybridized carbons (Fsp3) is 0.308. The molecule has 2 nitrogen and oxygen atoms in total. The Bertz CT molecular complexity index is 496. The zero-order chi connectivity index (χ0) is 12.3. The summed E-state index contributed by atoms with van der Waals surface area (Å²) >= 11 is 5.26.